The maximum Gasteiger partial charge on any atom is 0.164 e. The van der Waals surface area contributed by atoms with E-state index in [0.29, 0.717) is 6.42 Å². The van der Waals surface area contributed by atoms with Crippen LogP contribution in [0.5, 0.6) is 0 Å². The minimum absolute atomic E-state index is 0.00291. The second-order valence-corrected chi connectivity index (χ2v) is 6.59. The average molecular weight is 362 g/mol. The zero-order valence-corrected chi connectivity index (χ0v) is 15.1. The van der Waals surface area contributed by atoms with Crippen molar-refractivity contribution in [1.82, 2.24) is 0 Å². The molecule has 7 nitrogen and oxygen atoms in total. The third kappa shape index (κ3) is 10.0. The second-order valence-electron chi connectivity index (χ2n) is 6.59. The highest BCUT2D eigenvalue weighted by atomic mass is 16.4. The summed E-state index contributed by atoms with van der Waals surface area (Å²) in [5, 5.41) is 47.6. The van der Waals surface area contributed by atoms with Crippen LogP contribution >= 0.6 is 0 Å². The fourth-order valence-corrected chi connectivity index (χ4v) is 2.62. The number of aliphatic hydroxyl groups is 5. The fraction of sp³-hybridized carbons (Fsp3) is 0.889. The molecule has 0 heterocycles. The molecule has 25 heavy (non-hydrogen) atoms. The van der Waals surface area contributed by atoms with Crippen LogP contribution < -0.4 is 0 Å². The summed E-state index contributed by atoms with van der Waals surface area (Å²) < 4.78 is 0. The lowest BCUT2D eigenvalue weighted by Gasteiger charge is -2.26. The predicted molar refractivity (Wildman–Crippen MR) is 92.9 cm³/mol. The van der Waals surface area contributed by atoms with Gasteiger partial charge in [0.05, 0.1) is 0 Å². The highest BCUT2D eigenvalue weighted by molar-refractivity contribution is 5.83. The number of ketones is 1. The van der Waals surface area contributed by atoms with Crippen LogP contribution in [-0.2, 0) is 9.59 Å². The van der Waals surface area contributed by atoms with Crippen molar-refractivity contribution in [2.75, 3.05) is 0 Å². The van der Waals surface area contributed by atoms with Crippen molar-refractivity contribution in [3.8, 4) is 0 Å². The molecule has 0 rings (SSSR count). The molecule has 5 atom stereocenters. The van der Waals surface area contributed by atoms with Gasteiger partial charge in [0, 0.05) is 6.42 Å². The van der Waals surface area contributed by atoms with Crippen LogP contribution in [0.4, 0.5) is 0 Å². The van der Waals surface area contributed by atoms with Crippen molar-refractivity contribution in [3.05, 3.63) is 0 Å². The zero-order valence-electron chi connectivity index (χ0n) is 15.1. The molecule has 0 radical (unpaired) electrons. The molecular formula is C18H34O7. The van der Waals surface area contributed by atoms with Crippen LogP contribution in [0.1, 0.15) is 71.1 Å². The molecule has 0 aromatic carbocycles. The lowest BCUT2D eigenvalue weighted by atomic mass is 9.95. The third-order valence-electron chi connectivity index (χ3n) is 4.37. The van der Waals surface area contributed by atoms with Gasteiger partial charge in [-0.25, -0.2) is 0 Å². The number of aliphatic hydroxyl groups excluding tert-OH is 5. The van der Waals surface area contributed by atoms with Crippen LogP contribution in [0, 0.1) is 0 Å². The second kappa shape index (κ2) is 14.3. The number of hydrogen-bond donors (Lipinski definition) is 5. The van der Waals surface area contributed by atoms with Gasteiger partial charge in [0.15, 0.2) is 12.1 Å². The number of rotatable bonds is 16. The Morgan fingerprint density at radius 2 is 1.24 bits per heavy atom. The molecule has 0 spiro atoms. The highest BCUT2D eigenvalue weighted by Crippen LogP contribution is 2.13. The summed E-state index contributed by atoms with van der Waals surface area (Å²) in [6.45, 7) is 2.17. The number of unbranched alkanes of at least 4 members (excludes halogenated alkanes) is 8. The van der Waals surface area contributed by atoms with Gasteiger partial charge in [-0.15, -0.1) is 0 Å². The first-order chi connectivity index (χ1) is 11.9. The topological polar surface area (TPSA) is 135 Å². The molecule has 0 aromatic heterocycles. The molecule has 0 aliphatic heterocycles. The Hall–Kier alpha value is -0.860. The Kier molecular flexibility index (Phi) is 13.8. The molecule has 0 aliphatic rings. The first-order valence-corrected chi connectivity index (χ1v) is 9.25. The van der Waals surface area contributed by atoms with Gasteiger partial charge in [-0.05, 0) is 6.42 Å². The summed E-state index contributed by atoms with van der Waals surface area (Å²) in [5.41, 5.74) is 0. The van der Waals surface area contributed by atoms with Gasteiger partial charge in [0.2, 0.25) is 0 Å². The van der Waals surface area contributed by atoms with E-state index in [2.05, 4.69) is 6.92 Å². The average Bonchev–Trinajstić information content (AvgIpc) is 2.63. The largest absolute Gasteiger partial charge is 0.387 e. The van der Waals surface area contributed by atoms with E-state index in [1.807, 2.05) is 0 Å². The number of Topliss-reactive ketones (excluding diaryl/α,β-unsaturated/α-hetero) is 1. The first kappa shape index (κ1) is 24.1. The normalized spacial score (nSPS) is 17.5. The van der Waals surface area contributed by atoms with Crippen LogP contribution in [0.25, 0.3) is 0 Å². The van der Waals surface area contributed by atoms with E-state index in [1.54, 1.807) is 0 Å². The smallest absolute Gasteiger partial charge is 0.164 e. The summed E-state index contributed by atoms with van der Waals surface area (Å²) in [6.07, 6.45) is 0.0454. The molecule has 0 saturated heterocycles. The maximum absolute atomic E-state index is 11.8. The van der Waals surface area contributed by atoms with Crippen molar-refractivity contribution >= 4 is 12.1 Å². The van der Waals surface area contributed by atoms with Crippen molar-refractivity contribution in [1.29, 1.82) is 0 Å². The van der Waals surface area contributed by atoms with E-state index >= 15 is 0 Å². The Labute approximate surface area is 149 Å². The Bertz CT molecular complexity index is 361. The van der Waals surface area contributed by atoms with Crippen LogP contribution in [-0.4, -0.2) is 68.1 Å². The van der Waals surface area contributed by atoms with Crippen LogP contribution in [0.15, 0.2) is 0 Å². The summed E-state index contributed by atoms with van der Waals surface area (Å²) in [5.74, 6) is -0.637. The lowest BCUT2D eigenvalue weighted by molar-refractivity contribution is -0.154. The van der Waals surface area contributed by atoms with Crippen LogP contribution in [0.3, 0.4) is 0 Å². The molecule has 0 aliphatic carbocycles. The third-order valence-corrected chi connectivity index (χ3v) is 4.37. The molecular weight excluding hydrogens is 328 g/mol. The highest BCUT2D eigenvalue weighted by Gasteiger charge is 2.36. The minimum atomic E-state index is -2.00. The maximum atomic E-state index is 11.8. The molecule has 0 amide bonds. The molecule has 1 unspecified atom stereocenters. The zero-order chi connectivity index (χ0) is 19.2. The van der Waals surface area contributed by atoms with Crippen molar-refractivity contribution in [2.45, 2.75) is 102 Å². The van der Waals surface area contributed by atoms with Gasteiger partial charge in [0.25, 0.3) is 0 Å². The van der Waals surface area contributed by atoms with Crippen molar-refractivity contribution in [3.63, 3.8) is 0 Å². The van der Waals surface area contributed by atoms with Crippen molar-refractivity contribution < 1.29 is 35.1 Å². The molecule has 0 aromatic rings. The van der Waals surface area contributed by atoms with Gasteiger partial charge in [-0.2, -0.15) is 0 Å². The molecule has 5 N–H and O–H groups in total. The summed E-state index contributed by atoms with van der Waals surface area (Å²) in [4.78, 5) is 22.2. The van der Waals surface area contributed by atoms with E-state index in [4.69, 9.17) is 5.11 Å². The first-order valence-electron chi connectivity index (χ1n) is 9.25. The Morgan fingerprint density at radius 1 is 0.760 bits per heavy atom. The number of carbonyl (C=O) groups is 2. The van der Waals surface area contributed by atoms with E-state index in [-0.39, 0.29) is 12.7 Å². The van der Waals surface area contributed by atoms with Gasteiger partial charge in [-0.3, -0.25) is 4.79 Å². The summed E-state index contributed by atoms with van der Waals surface area (Å²) >= 11 is 0. The summed E-state index contributed by atoms with van der Waals surface area (Å²) in [7, 11) is 0. The Morgan fingerprint density at radius 3 is 1.72 bits per heavy atom. The van der Waals surface area contributed by atoms with Gasteiger partial charge >= 0.3 is 0 Å². The molecule has 0 fully saturated rings. The van der Waals surface area contributed by atoms with E-state index in [1.165, 1.54) is 32.1 Å². The van der Waals surface area contributed by atoms with Crippen molar-refractivity contribution in [2.24, 2.45) is 0 Å². The molecule has 0 saturated carbocycles. The monoisotopic (exact) mass is 362 g/mol. The number of aldehydes is 1. The number of hydrogen-bond acceptors (Lipinski definition) is 7. The van der Waals surface area contributed by atoms with Gasteiger partial charge in [0.1, 0.15) is 30.5 Å². The number of carbonyl (C=O) groups excluding carboxylic acids is 2. The Balaban J connectivity index is 3.96. The molecule has 7 heteroatoms. The van der Waals surface area contributed by atoms with E-state index < -0.39 is 36.3 Å². The lowest BCUT2D eigenvalue weighted by Crippen LogP contribution is -2.51. The van der Waals surface area contributed by atoms with Gasteiger partial charge < -0.3 is 30.3 Å². The quantitative estimate of drug-likeness (QED) is 0.199. The molecule has 148 valence electrons. The van der Waals surface area contributed by atoms with E-state index in [9.17, 15) is 30.0 Å². The summed E-state index contributed by atoms with van der Waals surface area (Å²) in [6, 6.07) is 0. The predicted octanol–water partition coefficient (Wildman–Crippen LogP) is 0.480. The minimum Gasteiger partial charge on any atom is -0.387 e. The molecule has 0 bridgehead atoms. The standard InChI is InChI=1S/C18H34O7/c1-2-3-4-5-6-7-8-9-10-11-13(20)15(22)17(24)18(25)16(23)14(21)12-19/h12,14-18,21-25H,2-11H2,1H3/t14-,15?,16+,17+,18-/m0/s1. The van der Waals surface area contributed by atoms with E-state index in [0.717, 1.165) is 19.3 Å². The fourth-order valence-electron chi connectivity index (χ4n) is 2.62. The van der Waals surface area contributed by atoms with Gasteiger partial charge in [-0.1, -0.05) is 58.3 Å². The SMILES string of the molecule is CCCCCCCCCCCC(=O)C(O)[C@@H](O)[C@@H](O)[C@H](O)[C@@H](O)C=O. The van der Waals surface area contributed by atoms with Crippen LogP contribution in [0.2, 0.25) is 0 Å².